The molecule has 0 aliphatic heterocycles. The molecule has 0 unspecified atom stereocenters. The van der Waals surface area contributed by atoms with Crippen molar-refractivity contribution in [2.75, 3.05) is 10.6 Å². The summed E-state index contributed by atoms with van der Waals surface area (Å²) in [5, 5.41) is 14.9. The van der Waals surface area contributed by atoms with Crippen LogP contribution in [0.2, 0.25) is 0 Å². The average Bonchev–Trinajstić information content (AvgIpc) is 3.57. The minimum absolute atomic E-state index is 0.0113. The Kier molecular flexibility index (Phi) is 4.65. The van der Waals surface area contributed by atoms with E-state index in [4.69, 9.17) is 4.74 Å². The lowest BCUT2D eigenvalue weighted by atomic mass is 10.2. The molecule has 2 aliphatic carbocycles. The number of nitrogens with one attached hydrogen (secondary N) is 3. The molecule has 2 aromatic heterocycles. The molecule has 11 heteroatoms. The van der Waals surface area contributed by atoms with E-state index in [0.29, 0.717) is 12.1 Å². The highest BCUT2D eigenvalue weighted by molar-refractivity contribution is 5.96. The van der Waals surface area contributed by atoms with E-state index in [9.17, 15) is 28.3 Å². The summed E-state index contributed by atoms with van der Waals surface area (Å²) in [6.07, 6.45) is 3.24. The number of pyridine rings is 2. The summed E-state index contributed by atoms with van der Waals surface area (Å²) in [5.41, 5.74) is -1.76. The van der Waals surface area contributed by atoms with E-state index in [0.717, 1.165) is 25.7 Å². The summed E-state index contributed by atoms with van der Waals surface area (Å²) in [4.78, 5) is 41.4. The molecule has 9 nitrogen and oxygen atoms in total. The van der Waals surface area contributed by atoms with Gasteiger partial charge in [-0.1, -0.05) is 0 Å². The van der Waals surface area contributed by atoms with Gasteiger partial charge >= 0.3 is 11.9 Å². The maximum absolute atomic E-state index is 14.3. The highest BCUT2D eigenvalue weighted by Crippen LogP contribution is 2.30. The van der Waals surface area contributed by atoms with Gasteiger partial charge in [0, 0.05) is 12.1 Å². The number of ether oxygens (including phenoxy) is 1. The van der Waals surface area contributed by atoms with Crippen molar-refractivity contribution in [1.82, 2.24) is 9.97 Å². The molecule has 0 saturated heterocycles. The number of aromatic nitrogens is 2. The second-order valence-electron chi connectivity index (χ2n) is 6.94. The van der Waals surface area contributed by atoms with E-state index < -0.39 is 40.6 Å². The third-order valence-electron chi connectivity index (χ3n) is 4.42. The van der Waals surface area contributed by atoms with Crippen LogP contribution in [0.5, 0.6) is 5.88 Å². The van der Waals surface area contributed by atoms with E-state index in [2.05, 4.69) is 20.6 Å². The highest BCUT2D eigenvalue weighted by atomic mass is 19.1. The first-order valence-electron chi connectivity index (χ1n) is 8.93. The Labute approximate surface area is 162 Å². The number of carbonyl (C=O) groups excluding carboxylic acids is 1. The first kappa shape index (κ1) is 18.8. The van der Waals surface area contributed by atoms with Gasteiger partial charge in [-0.05, 0) is 37.8 Å². The Morgan fingerprint density at radius 2 is 1.69 bits per heavy atom. The van der Waals surface area contributed by atoms with Gasteiger partial charge in [-0.2, -0.15) is 4.98 Å². The number of anilines is 2. The average molecular weight is 406 g/mol. The molecule has 4 N–H and O–H groups in total. The number of carboxylic acids is 1. The molecular weight excluding hydrogens is 390 g/mol. The van der Waals surface area contributed by atoms with Crippen LogP contribution in [-0.2, 0) is 0 Å². The molecule has 2 aromatic rings. The van der Waals surface area contributed by atoms with Gasteiger partial charge in [0.15, 0.2) is 11.6 Å². The predicted molar refractivity (Wildman–Crippen MR) is 96.4 cm³/mol. The summed E-state index contributed by atoms with van der Waals surface area (Å²) >= 11 is 0. The summed E-state index contributed by atoms with van der Waals surface area (Å²) in [6.45, 7) is 0. The van der Waals surface area contributed by atoms with Crippen molar-refractivity contribution in [2.45, 2.75) is 37.8 Å². The lowest BCUT2D eigenvalue weighted by molar-refractivity contribution is 0.0697. The fraction of sp³-hybridized carbons (Fsp3) is 0.333. The van der Waals surface area contributed by atoms with Crippen LogP contribution in [0.1, 0.15) is 46.4 Å². The van der Waals surface area contributed by atoms with Gasteiger partial charge in [0.05, 0.1) is 0 Å². The molecule has 0 bridgehead atoms. The molecule has 2 heterocycles. The molecule has 2 aliphatic rings. The summed E-state index contributed by atoms with van der Waals surface area (Å²) < 4.78 is 33.0. The van der Waals surface area contributed by atoms with Gasteiger partial charge in [0.25, 0.3) is 11.4 Å². The van der Waals surface area contributed by atoms with E-state index in [1.807, 2.05) is 0 Å². The predicted octanol–water partition coefficient (Wildman–Crippen LogP) is 2.11. The number of rotatable bonds is 7. The first-order chi connectivity index (χ1) is 13.8. The van der Waals surface area contributed by atoms with Crippen LogP contribution < -0.4 is 20.9 Å². The second-order valence-corrected chi connectivity index (χ2v) is 6.94. The SMILES string of the molecule is O=C(O)c1cc(F)c(OC(=O)c2cc(F)c(=O)[nH]c2NC2CC2)nc1NC1CC1. The number of carbonyl (C=O) groups is 2. The van der Waals surface area contributed by atoms with Crippen LogP contribution in [0, 0.1) is 11.6 Å². The lowest BCUT2D eigenvalue weighted by Gasteiger charge is -2.13. The lowest BCUT2D eigenvalue weighted by Crippen LogP contribution is -2.22. The minimum Gasteiger partial charge on any atom is -0.478 e. The molecule has 0 spiro atoms. The number of esters is 1. The summed E-state index contributed by atoms with van der Waals surface area (Å²) in [6, 6.07) is 1.43. The highest BCUT2D eigenvalue weighted by Gasteiger charge is 2.28. The van der Waals surface area contributed by atoms with Gasteiger partial charge < -0.3 is 25.5 Å². The standard InChI is InChI=1S/C18H16F2N4O5/c19-11-6-10(14(23-15(11)25)22-8-3-4-8)18(28)29-16-12(20)5-9(17(26)27)13(24-16)21-7-1-2-7/h5-8H,1-4H2,(H,21,24)(H,26,27)(H2,22,23,25). The van der Waals surface area contributed by atoms with Gasteiger partial charge in [-0.3, -0.25) is 4.79 Å². The molecule has 2 fully saturated rings. The zero-order valence-corrected chi connectivity index (χ0v) is 14.9. The Morgan fingerprint density at radius 3 is 2.31 bits per heavy atom. The van der Waals surface area contributed by atoms with Gasteiger partial charge in [0.2, 0.25) is 0 Å². The Balaban J connectivity index is 1.65. The summed E-state index contributed by atoms with van der Waals surface area (Å²) in [7, 11) is 0. The van der Waals surface area contributed by atoms with Crippen LogP contribution in [0.4, 0.5) is 20.4 Å². The Hall–Kier alpha value is -3.50. The van der Waals surface area contributed by atoms with Crippen molar-refractivity contribution >= 4 is 23.6 Å². The van der Waals surface area contributed by atoms with Crippen LogP contribution in [0.15, 0.2) is 16.9 Å². The Bertz CT molecular complexity index is 1060. The molecule has 2 saturated carbocycles. The number of aromatic carboxylic acids is 1. The van der Waals surface area contributed by atoms with Gasteiger partial charge in [-0.15, -0.1) is 0 Å². The number of hydrogen-bond donors (Lipinski definition) is 4. The molecule has 0 atom stereocenters. The van der Waals surface area contributed by atoms with Crippen LogP contribution in [0.25, 0.3) is 0 Å². The van der Waals surface area contributed by atoms with E-state index >= 15 is 0 Å². The molecule has 29 heavy (non-hydrogen) atoms. The topological polar surface area (TPSA) is 133 Å². The smallest absolute Gasteiger partial charge is 0.348 e. The molecule has 152 valence electrons. The van der Waals surface area contributed by atoms with Gasteiger partial charge in [0.1, 0.15) is 22.8 Å². The minimum atomic E-state index is -1.39. The fourth-order valence-electron chi connectivity index (χ4n) is 2.59. The first-order valence-corrected chi connectivity index (χ1v) is 8.93. The number of hydrogen-bond acceptors (Lipinski definition) is 7. The fourth-order valence-corrected chi connectivity index (χ4v) is 2.59. The van der Waals surface area contributed by atoms with E-state index in [1.165, 1.54) is 0 Å². The second kappa shape index (κ2) is 7.15. The molecule has 0 aromatic carbocycles. The maximum Gasteiger partial charge on any atom is 0.348 e. The van der Waals surface area contributed by atoms with Crippen molar-refractivity contribution in [3.63, 3.8) is 0 Å². The number of H-pyrrole nitrogens is 1. The van der Waals surface area contributed by atoms with Crippen LogP contribution in [-0.4, -0.2) is 39.1 Å². The third-order valence-corrected chi connectivity index (χ3v) is 4.42. The van der Waals surface area contributed by atoms with Crippen LogP contribution >= 0.6 is 0 Å². The van der Waals surface area contributed by atoms with Crippen molar-refractivity contribution < 1.29 is 28.2 Å². The zero-order valence-electron chi connectivity index (χ0n) is 14.9. The zero-order chi connectivity index (χ0) is 20.7. The number of halogens is 2. The third kappa shape index (κ3) is 4.18. The number of nitrogens with zero attached hydrogens (tertiary/aromatic N) is 1. The molecule has 0 amide bonds. The molecule has 0 radical (unpaired) electrons. The number of aromatic amines is 1. The Morgan fingerprint density at radius 1 is 1.07 bits per heavy atom. The summed E-state index contributed by atoms with van der Waals surface area (Å²) in [5.74, 6) is -5.85. The molecular formula is C18H16F2N4O5. The normalized spacial score (nSPS) is 15.7. The van der Waals surface area contributed by atoms with E-state index in [1.54, 1.807) is 0 Å². The van der Waals surface area contributed by atoms with Crippen molar-refractivity contribution in [1.29, 1.82) is 0 Å². The monoisotopic (exact) mass is 406 g/mol. The van der Waals surface area contributed by atoms with Crippen molar-refractivity contribution in [3.8, 4) is 5.88 Å². The van der Waals surface area contributed by atoms with Crippen molar-refractivity contribution in [3.05, 3.63) is 45.2 Å². The largest absolute Gasteiger partial charge is 0.478 e. The van der Waals surface area contributed by atoms with E-state index in [-0.39, 0.29) is 29.3 Å². The van der Waals surface area contributed by atoms with Gasteiger partial charge in [-0.25, -0.2) is 18.4 Å². The number of carboxylic acid groups (broad SMARTS) is 1. The van der Waals surface area contributed by atoms with Crippen molar-refractivity contribution in [2.24, 2.45) is 0 Å². The quantitative estimate of drug-likeness (QED) is 0.514. The molecule has 4 rings (SSSR count). The maximum atomic E-state index is 14.3. The van der Waals surface area contributed by atoms with Crippen LogP contribution in [0.3, 0.4) is 0 Å².